The average molecular weight is 304 g/mol. The van der Waals surface area contributed by atoms with Crippen molar-refractivity contribution in [1.29, 1.82) is 0 Å². The minimum atomic E-state index is -0.325. The minimum Gasteiger partial charge on any atom is -0.386 e. The summed E-state index contributed by atoms with van der Waals surface area (Å²) in [6.45, 7) is 3.07. The van der Waals surface area contributed by atoms with Crippen LogP contribution in [0, 0.1) is 0 Å². The third-order valence-corrected chi connectivity index (χ3v) is 4.78. The molecule has 1 aliphatic heterocycles. The quantitative estimate of drug-likeness (QED) is 0.925. The summed E-state index contributed by atoms with van der Waals surface area (Å²) in [7, 11) is 0. The van der Waals surface area contributed by atoms with E-state index in [0.29, 0.717) is 0 Å². The van der Waals surface area contributed by atoms with Crippen LogP contribution in [0.4, 0.5) is 0 Å². The van der Waals surface area contributed by atoms with Crippen molar-refractivity contribution in [2.45, 2.75) is 31.8 Å². The molecular weight excluding hydrogens is 286 g/mol. The van der Waals surface area contributed by atoms with E-state index in [1.54, 1.807) is 11.3 Å². The van der Waals surface area contributed by atoms with Crippen LogP contribution in [0.1, 0.15) is 36.7 Å². The SMILES string of the molecule is OC(CN1CCCCCC1)c1ccc(Br)s1. The summed E-state index contributed by atoms with van der Waals surface area (Å²) in [6.07, 6.45) is 4.92. The van der Waals surface area contributed by atoms with Gasteiger partial charge in [-0.15, -0.1) is 11.3 Å². The van der Waals surface area contributed by atoms with Crippen molar-refractivity contribution in [2.24, 2.45) is 0 Å². The van der Waals surface area contributed by atoms with Gasteiger partial charge in [0.25, 0.3) is 0 Å². The zero-order valence-electron chi connectivity index (χ0n) is 9.36. The average Bonchev–Trinajstić information content (AvgIpc) is 2.54. The molecule has 4 heteroatoms. The van der Waals surface area contributed by atoms with Crippen LogP contribution < -0.4 is 0 Å². The van der Waals surface area contributed by atoms with Crippen LogP contribution in [-0.2, 0) is 0 Å². The van der Waals surface area contributed by atoms with E-state index < -0.39 is 0 Å². The summed E-state index contributed by atoms with van der Waals surface area (Å²) in [5, 5.41) is 10.1. The van der Waals surface area contributed by atoms with Crippen LogP contribution >= 0.6 is 27.3 Å². The largest absolute Gasteiger partial charge is 0.386 e. The van der Waals surface area contributed by atoms with Gasteiger partial charge in [0, 0.05) is 11.4 Å². The lowest BCUT2D eigenvalue weighted by Gasteiger charge is -2.22. The molecule has 2 rings (SSSR count). The van der Waals surface area contributed by atoms with E-state index in [0.717, 1.165) is 28.3 Å². The molecule has 16 heavy (non-hydrogen) atoms. The zero-order chi connectivity index (χ0) is 11.4. The Morgan fingerprint density at radius 3 is 2.50 bits per heavy atom. The maximum atomic E-state index is 10.1. The summed E-state index contributed by atoms with van der Waals surface area (Å²) in [5.41, 5.74) is 0. The molecule has 1 fully saturated rings. The molecule has 1 unspecified atom stereocenters. The lowest BCUT2D eigenvalue weighted by Crippen LogP contribution is -2.29. The number of aliphatic hydroxyl groups excluding tert-OH is 1. The summed E-state index contributed by atoms with van der Waals surface area (Å²) in [4.78, 5) is 3.46. The number of likely N-dealkylation sites (tertiary alicyclic amines) is 1. The molecule has 0 bridgehead atoms. The van der Waals surface area contributed by atoms with Gasteiger partial charge in [-0.3, -0.25) is 0 Å². The maximum Gasteiger partial charge on any atom is 0.101 e. The van der Waals surface area contributed by atoms with Crippen LogP contribution in [0.3, 0.4) is 0 Å². The van der Waals surface area contributed by atoms with E-state index in [-0.39, 0.29) is 6.10 Å². The highest BCUT2D eigenvalue weighted by Crippen LogP contribution is 2.28. The second-order valence-corrected chi connectivity index (χ2v) is 6.87. The highest BCUT2D eigenvalue weighted by Gasteiger charge is 2.16. The molecule has 90 valence electrons. The van der Waals surface area contributed by atoms with Crippen LogP contribution in [0.15, 0.2) is 15.9 Å². The molecule has 1 aromatic rings. The molecule has 0 radical (unpaired) electrons. The Kier molecular flexibility index (Phi) is 4.82. The molecule has 0 aromatic carbocycles. The van der Waals surface area contributed by atoms with Crippen LogP contribution in [0.2, 0.25) is 0 Å². The second kappa shape index (κ2) is 6.15. The van der Waals surface area contributed by atoms with Gasteiger partial charge in [-0.1, -0.05) is 12.8 Å². The fourth-order valence-corrected chi connectivity index (χ4v) is 3.56. The van der Waals surface area contributed by atoms with Crippen molar-refractivity contribution in [3.05, 3.63) is 20.8 Å². The number of nitrogens with zero attached hydrogens (tertiary/aromatic N) is 1. The number of β-amino-alcohol motifs (C(OH)–C–C–N with tert-alkyl or cyclic N) is 1. The fraction of sp³-hybridized carbons (Fsp3) is 0.667. The van der Waals surface area contributed by atoms with Crippen molar-refractivity contribution in [3.63, 3.8) is 0 Å². The fourth-order valence-electron chi connectivity index (χ4n) is 2.16. The second-order valence-electron chi connectivity index (χ2n) is 4.37. The molecule has 1 atom stereocenters. The van der Waals surface area contributed by atoms with Crippen LogP contribution in [0.25, 0.3) is 0 Å². The minimum absolute atomic E-state index is 0.325. The highest BCUT2D eigenvalue weighted by atomic mass is 79.9. The third kappa shape index (κ3) is 3.55. The van der Waals surface area contributed by atoms with Gasteiger partial charge in [0.15, 0.2) is 0 Å². The van der Waals surface area contributed by atoms with Crippen molar-refractivity contribution in [2.75, 3.05) is 19.6 Å². The topological polar surface area (TPSA) is 23.5 Å². The predicted molar refractivity (Wildman–Crippen MR) is 71.9 cm³/mol. The zero-order valence-corrected chi connectivity index (χ0v) is 11.8. The molecule has 0 saturated carbocycles. The van der Waals surface area contributed by atoms with Crippen LogP contribution in [0.5, 0.6) is 0 Å². The number of aliphatic hydroxyl groups is 1. The smallest absolute Gasteiger partial charge is 0.101 e. The normalized spacial score (nSPS) is 20.6. The lowest BCUT2D eigenvalue weighted by atomic mass is 10.2. The maximum absolute atomic E-state index is 10.1. The number of thiophene rings is 1. The van der Waals surface area contributed by atoms with E-state index >= 15 is 0 Å². The molecule has 1 aromatic heterocycles. The molecule has 2 nitrogen and oxygen atoms in total. The molecule has 0 spiro atoms. The first-order valence-electron chi connectivity index (χ1n) is 5.91. The van der Waals surface area contributed by atoms with Gasteiger partial charge in [-0.2, -0.15) is 0 Å². The first-order chi connectivity index (χ1) is 7.75. The Bertz CT molecular complexity index is 321. The molecule has 0 amide bonds. The van der Waals surface area contributed by atoms with Gasteiger partial charge < -0.3 is 10.0 Å². The summed E-state index contributed by atoms with van der Waals surface area (Å²) >= 11 is 5.06. The Morgan fingerprint density at radius 2 is 1.94 bits per heavy atom. The number of halogens is 1. The lowest BCUT2D eigenvalue weighted by molar-refractivity contribution is 0.118. The molecule has 0 aliphatic carbocycles. The Hall–Kier alpha value is 0.1000. The summed E-state index contributed by atoms with van der Waals surface area (Å²) in [6, 6.07) is 4.02. The van der Waals surface area contributed by atoms with Crippen molar-refractivity contribution < 1.29 is 5.11 Å². The van der Waals surface area contributed by atoms with Gasteiger partial charge in [-0.25, -0.2) is 0 Å². The van der Waals surface area contributed by atoms with Crippen molar-refractivity contribution in [3.8, 4) is 0 Å². The first kappa shape index (κ1) is 12.6. The molecule has 1 N–H and O–H groups in total. The molecule has 1 saturated heterocycles. The Balaban J connectivity index is 1.88. The molecule has 1 aliphatic rings. The molecule has 2 heterocycles. The van der Waals surface area contributed by atoms with E-state index in [9.17, 15) is 5.11 Å². The van der Waals surface area contributed by atoms with E-state index in [1.165, 1.54) is 25.7 Å². The van der Waals surface area contributed by atoms with E-state index in [1.807, 2.05) is 12.1 Å². The monoisotopic (exact) mass is 303 g/mol. The Labute approximate surface area is 109 Å². The highest BCUT2D eigenvalue weighted by molar-refractivity contribution is 9.11. The van der Waals surface area contributed by atoms with Gasteiger partial charge in [0.05, 0.1) is 3.79 Å². The van der Waals surface area contributed by atoms with Gasteiger partial charge in [-0.05, 0) is 54.0 Å². The number of rotatable bonds is 3. The van der Waals surface area contributed by atoms with Gasteiger partial charge in [0.2, 0.25) is 0 Å². The van der Waals surface area contributed by atoms with E-state index in [4.69, 9.17) is 0 Å². The van der Waals surface area contributed by atoms with Gasteiger partial charge in [0.1, 0.15) is 6.10 Å². The third-order valence-electron chi connectivity index (χ3n) is 3.05. The predicted octanol–water partition coefficient (Wildman–Crippen LogP) is 3.42. The standard InChI is InChI=1S/C12H18BrNOS/c13-12-6-5-11(16-12)10(15)9-14-7-3-1-2-4-8-14/h5-6,10,15H,1-4,7-9H2. The van der Waals surface area contributed by atoms with Crippen LogP contribution in [-0.4, -0.2) is 29.6 Å². The van der Waals surface area contributed by atoms with Crippen molar-refractivity contribution >= 4 is 27.3 Å². The number of hydrogen-bond donors (Lipinski definition) is 1. The van der Waals surface area contributed by atoms with Crippen molar-refractivity contribution in [1.82, 2.24) is 4.90 Å². The molecular formula is C12H18BrNOS. The number of hydrogen-bond acceptors (Lipinski definition) is 3. The summed E-state index contributed by atoms with van der Waals surface area (Å²) < 4.78 is 1.09. The Morgan fingerprint density at radius 1 is 1.25 bits per heavy atom. The van der Waals surface area contributed by atoms with E-state index in [2.05, 4.69) is 20.8 Å². The van der Waals surface area contributed by atoms with Gasteiger partial charge >= 0.3 is 0 Å². The summed E-state index contributed by atoms with van der Waals surface area (Å²) in [5.74, 6) is 0. The first-order valence-corrected chi connectivity index (χ1v) is 7.52.